The summed E-state index contributed by atoms with van der Waals surface area (Å²) >= 11 is 7.28. The van der Waals surface area contributed by atoms with E-state index < -0.39 is 7.14 Å². The number of rotatable bonds is 8. The van der Waals surface area contributed by atoms with Crippen molar-refractivity contribution in [3.05, 3.63) is 376 Å². The molecule has 4 nitrogen and oxygen atoms in total. The molecule has 23 rings (SSSR count). The first-order chi connectivity index (χ1) is 54.6. The van der Waals surface area contributed by atoms with Crippen molar-refractivity contribution < 1.29 is 4.57 Å². The van der Waals surface area contributed by atoms with E-state index in [9.17, 15) is 4.57 Å². The van der Waals surface area contributed by atoms with Crippen LogP contribution in [0.2, 0.25) is 0 Å². The average molecular weight is 1510 g/mol. The summed E-state index contributed by atoms with van der Waals surface area (Å²) in [5.74, 6) is 0. The molecule has 15 aromatic carbocycles. The van der Waals surface area contributed by atoms with Crippen LogP contribution in [-0.2, 0) is 9.98 Å². The Labute approximate surface area is 657 Å². The minimum absolute atomic E-state index is 0.0313. The molecule has 0 saturated heterocycles. The highest BCUT2D eigenvalue weighted by Gasteiger charge is 2.35. The van der Waals surface area contributed by atoms with Gasteiger partial charge in [-0.3, -0.25) is 15.0 Å². The van der Waals surface area contributed by atoms with Crippen LogP contribution in [0.4, 0.5) is 0 Å². The van der Waals surface area contributed by atoms with Gasteiger partial charge < -0.3 is 4.57 Å². The van der Waals surface area contributed by atoms with Gasteiger partial charge in [-0.2, -0.15) is 0 Å². The molecule has 22 aromatic rings. The maximum Gasteiger partial charge on any atom is 0.171 e. The summed E-state index contributed by atoms with van der Waals surface area (Å²) in [5, 5.41) is 16.6. The number of nitrogens with zero attached hydrogens (tertiary/aromatic N) is 3. The van der Waals surface area contributed by atoms with E-state index >= 15 is 0 Å². The molecule has 1 aliphatic carbocycles. The normalized spacial score (nSPS) is 12.5. The van der Waals surface area contributed by atoms with Gasteiger partial charge in [0, 0.05) is 123 Å². The van der Waals surface area contributed by atoms with E-state index in [4.69, 9.17) is 15.0 Å². The molecule has 7 aromatic heterocycles. The quantitative estimate of drug-likeness (QED) is 0.142. The molecular weight excluding hydrogens is 1440 g/mol. The number of hydrogen-bond acceptors (Lipinski definition) is 8. The highest BCUT2D eigenvalue weighted by atomic mass is 32.1. The molecule has 0 saturated carbocycles. The topological polar surface area (TPSA) is 55.7 Å². The van der Waals surface area contributed by atoms with Crippen molar-refractivity contribution in [2.24, 2.45) is 0 Å². The SMILES string of the molecule is CC1(C)c2ccccc2-c2cc(-c3cccc(-c4ccc5c(c4)ncc4sc6ccccc6c45)c3)ccc21.O=P(c1ccccc1)(c1ccccc1)c1cccc(-c2ccc3c(c2)ncc2sc4ccccc4c23)c1.c1cc(-c2ccc3c(c2)ncc2sc4ccccc4c23)cc(-c2ccc3sc4ccccc4c3c2)c1. The van der Waals surface area contributed by atoms with E-state index in [2.05, 4.69) is 287 Å². The molecular formula is C102H66N3OPS4. The van der Waals surface area contributed by atoms with Crippen LogP contribution in [0.3, 0.4) is 0 Å². The van der Waals surface area contributed by atoms with E-state index in [1.54, 1.807) is 11.3 Å². The van der Waals surface area contributed by atoms with Crippen molar-refractivity contribution in [3.63, 3.8) is 0 Å². The van der Waals surface area contributed by atoms with Crippen molar-refractivity contribution in [1.82, 2.24) is 15.0 Å². The van der Waals surface area contributed by atoms with Crippen molar-refractivity contribution in [3.8, 4) is 66.8 Å². The minimum Gasteiger partial charge on any atom is -0.309 e. The van der Waals surface area contributed by atoms with Crippen LogP contribution in [-0.4, -0.2) is 15.0 Å². The zero-order chi connectivity index (χ0) is 73.9. The van der Waals surface area contributed by atoms with Gasteiger partial charge in [0.15, 0.2) is 7.14 Å². The minimum atomic E-state index is -3.04. The molecule has 0 spiro atoms. The predicted molar refractivity (Wildman–Crippen MR) is 481 cm³/mol. The van der Waals surface area contributed by atoms with Crippen LogP contribution in [0, 0.1) is 0 Å². The number of pyridine rings is 3. The Balaban J connectivity index is 0.000000105. The molecule has 111 heavy (non-hydrogen) atoms. The summed E-state index contributed by atoms with van der Waals surface area (Å²) in [5.41, 5.74) is 20.5. The van der Waals surface area contributed by atoms with Crippen molar-refractivity contribution in [1.29, 1.82) is 0 Å². The number of thiophene rings is 4. The van der Waals surface area contributed by atoms with Crippen molar-refractivity contribution in [2.75, 3.05) is 0 Å². The molecule has 1 aliphatic rings. The van der Waals surface area contributed by atoms with Gasteiger partial charge in [0.2, 0.25) is 0 Å². The molecule has 0 N–H and O–H groups in total. The fraction of sp³-hybridized carbons (Fsp3) is 0.0294. The number of aromatic nitrogens is 3. The van der Waals surface area contributed by atoms with E-state index in [1.165, 1.54) is 158 Å². The highest BCUT2D eigenvalue weighted by molar-refractivity contribution is 7.85. The second-order valence-corrected chi connectivity index (χ2v) is 36.3. The second-order valence-electron chi connectivity index (χ2n) is 29.2. The van der Waals surface area contributed by atoms with Crippen LogP contribution in [0.5, 0.6) is 0 Å². The summed E-state index contributed by atoms with van der Waals surface area (Å²) in [6, 6.07) is 123. The molecule has 0 bridgehead atoms. The summed E-state index contributed by atoms with van der Waals surface area (Å²) in [6.45, 7) is 4.66. The predicted octanol–water partition coefficient (Wildman–Crippen LogP) is 28.5. The lowest BCUT2D eigenvalue weighted by Crippen LogP contribution is -2.25. The van der Waals surface area contributed by atoms with E-state index in [0.717, 1.165) is 49.0 Å². The van der Waals surface area contributed by atoms with Crippen molar-refractivity contribution in [2.45, 2.75) is 19.3 Å². The lowest BCUT2D eigenvalue weighted by atomic mass is 9.82. The summed E-state index contributed by atoms with van der Waals surface area (Å²) in [6.07, 6.45) is 6.05. The molecule has 0 aliphatic heterocycles. The van der Waals surface area contributed by atoms with Crippen LogP contribution in [0.1, 0.15) is 25.0 Å². The van der Waals surface area contributed by atoms with E-state index in [1.807, 2.05) is 125 Å². The number of hydrogen-bond donors (Lipinski definition) is 0. The lowest BCUT2D eigenvalue weighted by Gasteiger charge is -2.21. The van der Waals surface area contributed by atoms with Gasteiger partial charge in [0.1, 0.15) is 0 Å². The van der Waals surface area contributed by atoms with Crippen molar-refractivity contribution >= 4 is 182 Å². The smallest absolute Gasteiger partial charge is 0.171 e. The third-order valence-electron chi connectivity index (χ3n) is 22.4. The molecule has 7 heterocycles. The van der Waals surface area contributed by atoms with Gasteiger partial charge in [0.25, 0.3) is 0 Å². The largest absolute Gasteiger partial charge is 0.309 e. The Bertz CT molecular complexity index is 7520. The third kappa shape index (κ3) is 11.5. The Kier molecular flexibility index (Phi) is 16.3. The molecule has 0 amide bonds. The standard InChI is InChI=1S/C36H25NS.C33H22NOPS.C33H19NS2/c1-36(2)30-12-5-3-10-26(30)29-19-24(15-17-31(29)36)22-8-7-9-23(18-22)25-14-16-27-32(20-25)37-21-34-35(27)28-11-4-6-13-33(28)38-34;35-36(25-11-3-1-4-12-25,26-13-5-2-6-14-26)27-15-9-10-23(20-27)24-18-19-28-30(21-24)34-22-32-33(28)29-16-7-8-17-31(29)37-32;1-3-10-29-24(8-1)27-17-22(13-15-31(27)35-29)20-6-5-7-21(16-20)23-12-14-25-28(18-23)34-19-32-33(25)26-9-2-4-11-30(26)36-32/h3-21H,1-2H3;1-22H;1-19H. The first kappa shape index (κ1) is 66.8. The fourth-order valence-electron chi connectivity index (χ4n) is 16.9. The highest BCUT2D eigenvalue weighted by Crippen LogP contribution is 2.51. The summed E-state index contributed by atoms with van der Waals surface area (Å²) in [7, 11) is -3.04. The fourth-order valence-corrected chi connectivity index (χ4v) is 24.0. The van der Waals surface area contributed by atoms with E-state index in [-0.39, 0.29) is 5.41 Å². The van der Waals surface area contributed by atoms with Gasteiger partial charge in [-0.15, -0.1) is 45.3 Å². The molecule has 0 radical (unpaired) electrons. The first-order valence-corrected chi connectivity index (χ1v) is 42.4. The van der Waals surface area contributed by atoms with Crippen LogP contribution in [0.15, 0.2) is 364 Å². The van der Waals surface area contributed by atoms with Crippen LogP contribution < -0.4 is 15.9 Å². The zero-order valence-electron chi connectivity index (χ0n) is 60.5. The maximum absolute atomic E-state index is 14.8. The maximum atomic E-state index is 14.8. The van der Waals surface area contributed by atoms with E-state index in [0.29, 0.717) is 0 Å². The molecule has 0 unspecified atom stereocenters. The molecule has 0 fully saturated rings. The molecule has 9 heteroatoms. The molecule has 0 atom stereocenters. The Morgan fingerprint density at radius 2 is 0.568 bits per heavy atom. The van der Waals surface area contributed by atoms with Crippen LogP contribution >= 0.6 is 52.5 Å². The third-order valence-corrected chi connectivity index (χ3v) is 30.0. The van der Waals surface area contributed by atoms with Gasteiger partial charge in [-0.25, -0.2) is 0 Å². The molecule has 524 valence electrons. The van der Waals surface area contributed by atoms with Gasteiger partial charge in [-0.05, 0) is 157 Å². The van der Waals surface area contributed by atoms with Gasteiger partial charge in [0.05, 0.1) is 30.6 Å². The van der Waals surface area contributed by atoms with Gasteiger partial charge in [-0.1, -0.05) is 281 Å². The second kappa shape index (κ2) is 27.0. The summed E-state index contributed by atoms with van der Waals surface area (Å²) < 4.78 is 25.1. The number of benzene rings is 15. The lowest BCUT2D eigenvalue weighted by molar-refractivity contribution is 0.592. The Hall–Kier alpha value is -12.4. The zero-order valence-corrected chi connectivity index (χ0v) is 64.6. The number of fused-ring (bicyclic) bond motifs is 21. The monoisotopic (exact) mass is 1510 g/mol. The Morgan fingerprint density at radius 1 is 0.234 bits per heavy atom. The van der Waals surface area contributed by atoms with Gasteiger partial charge >= 0.3 is 0 Å². The average Bonchev–Trinajstić information content (AvgIpc) is 1.57. The first-order valence-electron chi connectivity index (χ1n) is 37.4. The Morgan fingerprint density at radius 3 is 1.05 bits per heavy atom. The van der Waals surface area contributed by atoms with Crippen LogP contribution in [0.25, 0.3) is 180 Å². The summed E-state index contributed by atoms with van der Waals surface area (Å²) in [4.78, 5) is 14.5.